The van der Waals surface area contributed by atoms with E-state index in [0.717, 1.165) is 19.8 Å². The van der Waals surface area contributed by atoms with Crippen molar-refractivity contribution in [3.8, 4) is 0 Å². The number of allylic oxidation sites excluding steroid dienone is 1. The summed E-state index contributed by atoms with van der Waals surface area (Å²) in [4.78, 5) is 15.2. The first kappa shape index (κ1) is 9.55. The minimum Gasteiger partial charge on any atom is -0.256 e. The molecule has 0 amide bonds. The molecule has 3 nitrogen and oxygen atoms in total. The predicted molar refractivity (Wildman–Crippen MR) is 57.6 cm³/mol. The van der Waals surface area contributed by atoms with Crippen LogP contribution in [0.4, 0.5) is 0 Å². The molecule has 14 heavy (non-hydrogen) atoms. The van der Waals surface area contributed by atoms with Gasteiger partial charge in [-0.1, -0.05) is 22.9 Å². The predicted octanol–water partition coefficient (Wildman–Crippen LogP) is 1.90. The first-order valence-electron chi connectivity index (χ1n) is 4.10. The quantitative estimate of drug-likeness (QED) is 0.711. The first-order chi connectivity index (χ1) is 6.81. The molecule has 2 heterocycles. The van der Waals surface area contributed by atoms with E-state index in [1.54, 1.807) is 6.20 Å². The third-order valence-corrected chi connectivity index (χ3v) is 3.47. The van der Waals surface area contributed by atoms with Gasteiger partial charge in [-0.05, 0) is 6.07 Å². The molecular formula is C9H7ClN2OS. The largest absolute Gasteiger partial charge is 0.256 e. The molecule has 0 N–H and O–H groups in total. The molecule has 0 aromatic carbocycles. The van der Waals surface area contributed by atoms with Gasteiger partial charge in [0.05, 0.1) is 9.89 Å². The fourth-order valence-corrected chi connectivity index (χ4v) is 2.51. The van der Waals surface area contributed by atoms with Crippen LogP contribution in [0.3, 0.4) is 0 Å². The average molecular weight is 227 g/mol. The van der Waals surface area contributed by atoms with Crippen molar-refractivity contribution in [2.24, 2.45) is 10.2 Å². The molecule has 1 aliphatic heterocycles. The van der Waals surface area contributed by atoms with Gasteiger partial charge >= 0.3 is 0 Å². The number of hydrogen-bond donors (Lipinski definition) is 0. The molecule has 1 aromatic rings. The van der Waals surface area contributed by atoms with Gasteiger partial charge in [0.2, 0.25) is 0 Å². The van der Waals surface area contributed by atoms with Gasteiger partial charge in [0.15, 0.2) is 0 Å². The standard InChI is InChI=1S/C9H7ClN2OS/c10-7-2-1-3-11-8-4-6(5-12-13)14-9(7)8/h1,3-4H,2,5H2. The van der Waals surface area contributed by atoms with E-state index in [9.17, 15) is 4.91 Å². The van der Waals surface area contributed by atoms with Crippen molar-refractivity contribution in [2.75, 3.05) is 0 Å². The molecule has 1 aliphatic rings. The summed E-state index contributed by atoms with van der Waals surface area (Å²) in [5.74, 6) is 0. The molecule has 0 atom stereocenters. The second kappa shape index (κ2) is 4.02. The second-order valence-corrected chi connectivity index (χ2v) is 4.43. The Kier molecular flexibility index (Phi) is 2.74. The van der Waals surface area contributed by atoms with Crippen LogP contribution >= 0.6 is 22.9 Å². The highest BCUT2D eigenvalue weighted by atomic mass is 35.5. The normalized spacial score (nSPS) is 14.5. The third-order valence-electron chi connectivity index (χ3n) is 1.85. The van der Waals surface area contributed by atoms with E-state index in [1.165, 1.54) is 11.3 Å². The molecule has 0 saturated carbocycles. The zero-order valence-corrected chi connectivity index (χ0v) is 8.81. The molecule has 0 fully saturated rings. The zero-order valence-electron chi connectivity index (χ0n) is 7.24. The Morgan fingerprint density at radius 3 is 3.29 bits per heavy atom. The fourth-order valence-electron chi connectivity index (χ4n) is 1.24. The molecule has 2 rings (SSSR count). The van der Waals surface area contributed by atoms with Crippen molar-refractivity contribution in [1.29, 1.82) is 0 Å². The van der Waals surface area contributed by atoms with Crippen LogP contribution in [0.5, 0.6) is 0 Å². The van der Waals surface area contributed by atoms with Crippen molar-refractivity contribution < 1.29 is 0 Å². The Morgan fingerprint density at radius 2 is 2.50 bits per heavy atom. The monoisotopic (exact) mass is 226 g/mol. The van der Waals surface area contributed by atoms with Crippen LogP contribution < -0.4 is 9.89 Å². The lowest BCUT2D eigenvalue weighted by molar-refractivity contribution is 1.08. The molecule has 0 spiro atoms. The summed E-state index contributed by atoms with van der Waals surface area (Å²) in [5, 5.41) is 4.46. The van der Waals surface area contributed by atoms with Gasteiger partial charge in [0.1, 0.15) is 6.54 Å². The number of fused-ring (bicyclic) bond motifs is 1. The highest BCUT2D eigenvalue weighted by Crippen LogP contribution is 2.11. The van der Waals surface area contributed by atoms with E-state index in [2.05, 4.69) is 10.2 Å². The number of rotatable bonds is 2. The summed E-state index contributed by atoms with van der Waals surface area (Å²) in [6, 6.07) is 1.86. The number of hydrogen-bond acceptors (Lipinski definition) is 4. The van der Waals surface area contributed by atoms with Crippen LogP contribution in [0.25, 0.3) is 5.03 Å². The van der Waals surface area contributed by atoms with E-state index in [4.69, 9.17) is 11.6 Å². The Morgan fingerprint density at radius 1 is 1.64 bits per heavy atom. The third kappa shape index (κ3) is 1.76. The Hall–Kier alpha value is -1.00. The minimum atomic E-state index is 0.196. The lowest BCUT2D eigenvalue weighted by Gasteiger charge is -1.86. The van der Waals surface area contributed by atoms with E-state index >= 15 is 0 Å². The molecule has 0 radical (unpaired) electrons. The van der Waals surface area contributed by atoms with Crippen LogP contribution in [0, 0.1) is 4.91 Å². The number of halogens is 1. The summed E-state index contributed by atoms with van der Waals surface area (Å²) in [6.07, 6.45) is 4.35. The van der Waals surface area contributed by atoms with Gasteiger partial charge in [-0.2, -0.15) is 4.91 Å². The van der Waals surface area contributed by atoms with Crippen molar-refractivity contribution in [2.45, 2.75) is 13.0 Å². The molecular weight excluding hydrogens is 220 g/mol. The molecule has 5 heteroatoms. The highest BCUT2D eigenvalue weighted by molar-refractivity contribution is 7.10. The van der Waals surface area contributed by atoms with Gasteiger partial charge in [-0.3, -0.25) is 4.99 Å². The minimum absolute atomic E-state index is 0.196. The summed E-state index contributed by atoms with van der Waals surface area (Å²) in [7, 11) is 0. The highest BCUT2D eigenvalue weighted by Gasteiger charge is 2.04. The maximum Gasteiger partial charge on any atom is 0.115 e. The van der Waals surface area contributed by atoms with E-state index < -0.39 is 0 Å². The Balaban J connectivity index is 2.64. The van der Waals surface area contributed by atoms with Crippen molar-refractivity contribution >= 4 is 28.0 Å². The van der Waals surface area contributed by atoms with Crippen LogP contribution in [-0.2, 0) is 6.54 Å². The Bertz CT molecular complexity index is 503. The lowest BCUT2D eigenvalue weighted by Crippen LogP contribution is -2.18. The molecule has 0 aliphatic carbocycles. The summed E-state index contributed by atoms with van der Waals surface area (Å²) < 4.78 is 0.954. The molecule has 1 aromatic heterocycles. The van der Waals surface area contributed by atoms with Crippen molar-refractivity contribution in [3.63, 3.8) is 0 Å². The summed E-state index contributed by atoms with van der Waals surface area (Å²) >= 11 is 7.56. The van der Waals surface area contributed by atoms with Crippen molar-refractivity contribution in [3.05, 3.63) is 38.0 Å². The number of nitrogens with zero attached hydrogens (tertiary/aromatic N) is 2. The maximum absolute atomic E-state index is 10.1. The summed E-state index contributed by atoms with van der Waals surface area (Å²) in [5.41, 5.74) is 0. The SMILES string of the molecule is O=NCc1cc2c(s1)=C(Cl)CC=CN=2. The first-order valence-corrected chi connectivity index (χ1v) is 5.30. The average Bonchev–Trinajstić information content (AvgIpc) is 2.49. The van der Waals surface area contributed by atoms with Gasteiger partial charge in [-0.15, -0.1) is 11.3 Å². The van der Waals surface area contributed by atoms with E-state index in [0.29, 0.717) is 6.42 Å². The number of thiophene rings is 1. The fraction of sp³-hybridized carbons (Fsp3) is 0.222. The molecule has 0 saturated heterocycles. The molecule has 0 bridgehead atoms. The van der Waals surface area contributed by atoms with Gasteiger partial charge in [0.25, 0.3) is 0 Å². The van der Waals surface area contributed by atoms with Crippen LogP contribution in [0.1, 0.15) is 11.3 Å². The Labute approximate surface area is 89.4 Å². The summed E-state index contributed by atoms with van der Waals surface area (Å²) in [6.45, 7) is 0.196. The lowest BCUT2D eigenvalue weighted by atomic mass is 10.4. The van der Waals surface area contributed by atoms with Gasteiger partial charge in [0, 0.05) is 22.5 Å². The van der Waals surface area contributed by atoms with Crippen molar-refractivity contribution in [1.82, 2.24) is 0 Å². The second-order valence-electron chi connectivity index (χ2n) is 2.84. The van der Waals surface area contributed by atoms with E-state index in [-0.39, 0.29) is 6.54 Å². The van der Waals surface area contributed by atoms with Crippen LogP contribution in [-0.4, -0.2) is 0 Å². The number of nitroso groups, excluding NO2 is 1. The molecule has 0 unspecified atom stereocenters. The van der Waals surface area contributed by atoms with E-state index in [1.807, 2.05) is 12.1 Å². The van der Waals surface area contributed by atoms with Crippen LogP contribution in [0.15, 0.2) is 28.5 Å². The smallest absolute Gasteiger partial charge is 0.115 e. The van der Waals surface area contributed by atoms with Crippen LogP contribution in [0.2, 0.25) is 0 Å². The molecule has 72 valence electrons. The maximum atomic E-state index is 10.1. The zero-order chi connectivity index (χ0) is 9.97. The van der Waals surface area contributed by atoms with Gasteiger partial charge in [-0.25, -0.2) is 0 Å². The van der Waals surface area contributed by atoms with Gasteiger partial charge < -0.3 is 0 Å². The topological polar surface area (TPSA) is 41.8 Å².